The zero-order valence-corrected chi connectivity index (χ0v) is 20.1. The van der Waals surface area contributed by atoms with Crippen molar-refractivity contribution in [1.29, 1.82) is 0 Å². The van der Waals surface area contributed by atoms with Crippen LogP contribution in [-0.2, 0) is 52.2 Å². The first-order valence-electron chi connectivity index (χ1n) is 11.7. The Morgan fingerprint density at radius 2 is 1.11 bits per heavy atom. The molecule has 13 nitrogen and oxygen atoms in total. The molecule has 35 heavy (non-hydrogen) atoms. The lowest BCUT2D eigenvalue weighted by Crippen LogP contribution is -2.30. The summed E-state index contributed by atoms with van der Waals surface area (Å²) in [6.07, 6.45) is -1.10. The summed E-state index contributed by atoms with van der Waals surface area (Å²) in [6, 6.07) is 0. The Balaban J connectivity index is 1.42. The second-order valence-corrected chi connectivity index (χ2v) is 7.86. The Labute approximate surface area is 203 Å². The Bertz CT molecular complexity index is 614. The van der Waals surface area contributed by atoms with Crippen molar-refractivity contribution in [3.8, 4) is 0 Å². The topological polar surface area (TPSA) is 151 Å². The van der Waals surface area contributed by atoms with Crippen LogP contribution in [-0.4, -0.2) is 102 Å². The van der Waals surface area contributed by atoms with Crippen molar-refractivity contribution in [3.05, 3.63) is 0 Å². The fourth-order valence-electron chi connectivity index (χ4n) is 3.06. The zero-order valence-electron chi connectivity index (χ0n) is 20.1. The molecule has 0 aromatic carbocycles. The second-order valence-electron chi connectivity index (χ2n) is 7.86. The lowest BCUT2D eigenvalue weighted by molar-refractivity contribution is -0.157. The first-order valence-corrected chi connectivity index (χ1v) is 11.7. The van der Waals surface area contributed by atoms with Gasteiger partial charge in [0.2, 0.25) is 0 Å². The molecule has 0 bridgehead atoms. The molecule has 2 heterocycles. The lowest BCUT2D eigenvalue weighted by Gasteiger charge is -2.15. The molecule has 2 fully saturated rings. The minimum absolute atomic E-state index is 0.00266. The van der Waals surface area contributed by atoms with Gasteiger partial charge in [-0.25, -0.2) is 19.2 Å². The van der Waals surface area contributed by atoms with Crippen LogP contribution < -0.4 is 0 Å². The highest BCUT2D eigenvalue weighted by atomic mass is 16.7. The van der Waals surface area contributed by atoms with Gasteiger partial charge in [-0.05, 0) is 39.5 Å². The van der Waals surface area contributed by atoms with Crippen molar-refractivity contribution in [2.75, 3.05) is 52.9 Å². The van der Waals surface area contributed by atoms with Crippen LogP contribution in [0.25, 0.3) is 0 Å². The third-order valence-electron chi connectivity index (χ3n) is 4.98. The fraction of sp³-hybridized carbons (Fsp3) is 0.818. The van der Waals surface area contributed by atoms with Gasteiger partial charge in [-0.2, -0.15) is 0 Å². The van der Waals surface area contributed by atoms with Crippen molar-refractivity contribution in [2.24, 2.45) is 0 Å². The minimum atomic E-state index is -1.13. The van der Waals surface area contributed by atoms with Gasteiger partial charge in [-0.3, -0.25) is 0 Å². The van der Waals surface area contributed by atoms with E-state index < -0.39 is 36.5 Å². The number of esters is 2. The Kier molecular flexibility index (Phi) is 13.2. The average molecular weight is 507 g/mol. The van der Waals surface area contributed by atoms with Crippen molar-refractivity contribution >= 4 is 24.2 Å². The fourth-order valence-corrected chi connectivity index (χ4v) is 3.06. The van der Waals surface area contributed by atoms with Crippen LogP contribution in [0, 0.1) is 0 Å². The molecule has 2 aliphatic rings. The molecule has 0 aliphatic carbocycles. The van der Waals surface area contributed by atoms with Gasteiger partial charge >= 0.3 is 24.2 Å². The van der Waals surface area contributed by atoms with E-state index in [1.807, 2.05) is 0 Å². The minimum Gasteiger partial charge on any atom is -0.460 e. The van der Waals surface area contributed by atoms with E-state index >= 15 is 0 Å². The van der Waals surface area contributed by atoms with Crippen molar-refractivity contribution < 1.29 is 61.8 Å². The van der Waals surface area contributed by atoms with Gasteiger partial charge < -0.3 is 42.6 Å². The van der Waals surface area contributed by atoms with Gasteiger partial charge in [0.25, 0.3) is 0 Å². The summed E-state index contributed by atoms with van der Waals surface area (Å²) in [5.74, 6) is -1.38. The summed E-state index contributed by atoms with van der Waals surface area (Å²) in [4.78, 5) is 46.8. The lowest BCUT2D eigenvalue weighted by atomic mass is 10.2. The van der Waals surface area contributed by atoms with Gasteiger partial charge in [0.05, 0.1) is 25.4 Å². The van der Waals surface area contributed by atoms with Gasteiger partial charge in [0, 0.05) is 13.2 Å². The van der Waals surface area contributed by atoms with Crippen LogP contribution >= 0.6 is 0 Å². The number of hydrogen-bond acceptors (Lipinski definition) is 13. The molecule has 200 valence electrons. The molecule has 0 radical (unpaired) electrons. The van der Waals surface area contributed by atoms with Crippen molar-refractivity contribution in [1.82, 2.24) is 0 Å². The van der Waals surface area contributed by atoms with Gasteiger partial charge in [0.15, 0.2) is 12.2 Å². The second kappa shape index (κ2) is 16.1. The maximum atomic E-state index is 11.8. The molecule has 0 saturated carbocycles. The molecule has 0 unspecified atom stereocenters. The van der Waals surface area contributed by atoms with Gasteiger partial charge in [0.1, 0.15) is 26.4 Å². The number of rotatable bonds is 14. The van der Waals surface area contributed by atoms with E-state index in [1.165, 1.54) is 13.8 Å². The Morgan fingerprint density at radius 1 is 0.686 bits per heavy atom. The number of carbonyl (C=O) groups excluding carboxylic acids is 4. The molecule has 0 aromatic heterocycles. The summed E-state index contributed by atoms with van der Waals surface area (Å²) in [6.45, 7) is 3.97. The first kappa shape index (κ1) is 28.6. The van der Waals surface area contributed by atoms with E-state index in [-0.39, 0.29) is 51.8 Å². The van der Waals surface area contributed by atoms with E-state index in [0.29, 0.717) is 13.2 Å². The van der Waals surface area contributed by atoms with Gasteiger partial charge in [-0.1, -0.05) is 0 Å². The summed E-state index contributed by atoms with van der Waals surface area (Å²) < 4.78 is 45.2. The van der Waals surface area contributed by atoms with Crippen LogP contribution in [0.3, 0.4) is 0 Å². The van der Waals surface area contributed by atoms with Crippen LogP contribution in [0.2, 0.25) is 0 Å². The number of carbonyl (C=O) groups is 4. The third-order valence-corrected chi connectivity index (χ3v) is 4.98. The van der Waals surface area contributed by atoms with E-state index in [9.17, 15) is 19.2 Å². The number of hydrogen-bond donors (Lipinski definition) is 0. The van der Waals surface area contributed by atoms with E-state index in [4.69, 9.17) is 42.6 Å². The highest BCUT2D eigenvalue weighted by Gasteiger charge is 2.24. The molecular weight excluding hydrogens is 472 g/mol. The van der Waals surface area contributed by atoms with Gasteiger partial charge in [-0.15, -0.1) is 0 Å². The number of ether oxygens (including phenoxy) is 9. The predicted molar refractivity (Wildman–Crippen MR) is 114 cm³/mol. The van der Waals surface area contributed by atoms with E-state index in [2.05, 4.69) is 0 Å². The smallest absolute Gasteiger partial charge is 0.460 e. The molecule has 0 spiro atoms. The van der Waals surface area contributed by atoms with Crippen LogP contribution in [0.15, 0.2) is 0 Å². The summed E-state index contributed by atoms with van der Waals surface area (Å²) in [7, 11) is 0. The van der Waals surface area contributed by atoms with Crippen LogP contribution in [0.5, 0.6) is 0 Å². The Hall–Kier alpha value is -2.64. The van der Waals surface area contributed by atoms with Crippen molar-refractivity contribution in [3.63, 3.8) is 0 Å². The zero-order chi connectivity index (χ0) is 25.5. The third kappa shape index (κ3) is 12.1. The molecule has 2 saturated heterocycles. The molecule has 0 N–H and O–H groups in total. The van der Waals surface area contributed by atoms with Crippen molar-refractivity contribution in [2.45, 2.75) is 63.9 Å². The molecule has 0 aromatic rings. The summed E-state index contributed by atoms with van der Waals surface area (Å²) in [5, 5.41) is 0. The maximum absolute atomic E-state index is 11.8. The molecular formula is C22H34O13. The summed E-state index contributed by atoms with van der Waals surface area (Å²) in [5.41, 5.74) is 0. The normalized spacial score (nSPS) is 21.0. The highest BCUT2D eigenvalue weighted by molar-refractivity contribution is 5.77. The molecule has 4 atom stereocenters. The van der Waals surface area contributed by atoms with E-state index in [1.54, 1.807) is 0 Å². The first-order chi connectivity index (χ1) is 16.8. The van der Waals surface area contributed by atoms with E-state index in [0.717, 1.165) is 25.7 Å². The quantitative estimate of drug-likeness (QED) is 0.190. The molecule has 0 amide bonds. The average Bonchev–Trinajstić information content (AvgIpc) is 3.54. The van der Waals surface area contributed by atoms with Crippen LogP contribution in [0.1, 0.15) is 39.5 Å². The Morgan fingerprint density at radius 3 is 1.49 bits per heavy atom. The SMILES string of the molecule is C[C@H](OC(=O)OCCOCCOC(=O)O[C@@H](C)C(=O)OC[C@@H]1CCCO1)C(=O)OC[C@H]1CCCO1. The maximum Gasteiger partial charge on any atom is 0.509 e. The highest BCUT2D eigenvalue weighted by Crippen LogP contribution is 2.13. The van der Waals surface area contributed by atoms with Crippen LogP contribution in [0.4, 0.5) is 9.59 Å². The monoisotopic (exact) mass is 506 g/mol. The summed E-state index contributed by atoms with van der Waals surface area (Å²) >= 11 is 0. The molecule has 2 aliphatic heterocycles. The molecule has 2 rings (SSSR count). The molecule has 13 heteroatoms. The largest absolute Gasteiger partial charge is 0.509 e. The predicted octanol–water partition coefficient (Wildman–Crippen LogP) is 1.53. The standard InChI is InChI=1S/C22H34O13/c1-15(19(23)32-13-17-5-3-7-28-17)34-21(25)30-11-9-27-10-12-31-22(26)35-16(2)20(24)33-14-18-6-4-8-29-18/h15-18H,3-14H2,1-2H3/t15-,16-,17-,18+/m0/s1.